The molecule has 4 rings (SSSR count). The van der Waals surface area contributed by atoms with Gasteiger partial charge in [0.2, 0.25) is 0 Å². The van der Waals surface area contributed by atoms with E-state index < -0.39 is 17.6 Å². The van der Waals surface area contributed by atoms with Crippen LogP contribution in [0.5, 0.6) is 5.75 Å². The molecule has 2 N–H and O–H groups in total. The van der Waals surface area contributed by atoms with E-state index in [0.717, 1.165) is 17.7 Å². The maximum atomic E-state index is 12.9. The van der Waals surface area contributed by atoms with E-state index in [2.05, 4.69) is 10.3 Å². The number of nitrogens with zero attached hydrogens (tertiary/aromatic N) is 2. The lowest BCUT2D eigenvalue weighted by Crippen LogP contribution is -2.31. The van der Waals surface area contributed by atoms with Crippen LogP contribution in [0.3, 0.4) is 0 Å². The number of pyridine rings is 1. The molecule has 0 spiro atoms. The molecule has 6 nitrogen and oxygen atoms in total. The van der Waals surface area contributed by atoms with E-state index in [-0.39, 0.29) is 17.9 Å². The molecule has 9 heteroatoms. The van der Waals surface area contributed by atoms with Crippen molar-refractivity contribution in [2.75, 3.05) is 23.4 Å². The Morgan fingerprint density at radius 3 is 2.62 bits per heavy atom. The molecule has 0 radical (unpaired) electrons. The first kappa shape index (κ1) is 21.6. The van der Waals surface area contributed by atoms with E-state index in [0.29, 0.717) is 36.0 Å². The number of hydrogen-bond acceptors (Lipinski definition) is 5. The number of alkyl halides is 3. The number of nitrogens with one attached hydrogen (secondary N) is 1. The predicted octanol–water partition coefficient (Wildman–Crippen LogP) is 4.68. The van der Waals surface area contributed by atoms with Crippen LogP contribution in [0, 0.1) is 6.92 Å². The first-order chi connectivity index (χ1) is 15.3. The van der Waals surface area contributed by atoms with E-state index in [1.807, 2.05) is 24.0 Å². The molecule has 1 aliphatic heterocycles. The number of aryl methyl sites for hydroxylation is 1. The Morgan fingerprint density at radius 2 is 1.97 bits per heavy atom. The Labute approximate surface area is 182 Å². The molecule has 32 heavy (non-hydrogen) atoms. The van der Waals surface area contributed by atoms with E-state index in [4.69, 9.17) is 4.74 Å². The Bertz CT molecular complexity index is 1150. The largest absolute Gasteiger partial charge is 0.489 e. The molecule has 3 aromatic rings. The first-order valence-corrected chi connectivity index (χ1v) is 9.86. The number of ether oxygens (including phenoxy) is 1. The van der Waals surface area contributed by atoms with Crippen LogP contribution in [0.25, 0.3) is 0 Å². The fourth-order valence-electron chi connectivity index (χ4n) is 3.58. The van der Waals surface area contributed by atoms with Gasteiger partial charge in [0.15, 0.2) is 5.75 Å². The smallest absolute Gasteiger partial charge is 0.416 e. The molecular weight excluding hydrogens is 423 g/mol. The zero-order valence-electron chi connectivity index (χ0n) is 17.1. The van der Waals surface area contributed by atoms with Crippen LogP contribution in [-0.2, 0) is 12.8 Å². The normalized spacial score (nSPS) is 13.3. The van der Waals surface area contributed by atoms with Gasteiger partial charge in [0.25, 0.3) is 5.91 Å². The number of amides is 1. The number of fused-ring (bicyclic) bond motifs is 1. The fraction of sp³-hybridized carbons (Fsp3) is 0.217. The summed E-state index contributed by atoms with van der Waals surface area (Å²) in [5, 5.41) is 11.9. The minimum absolute atomic E-state index is 0.109. The van der Waals surface area contributed by atoms with E-state index in [9.17, 15) is 23.1 Å². The summed E-state index contributed by atoms with van der Waals surface area (Å²) in [6.45, 7) is 2.61. The second kappa shape index (κ2) is 8.51. The molecule has 166 valence electrons. The molecule has 0 bridgehead atoms. The van der Waals surface area contributed by atoms with Crippen molar-refractivity contribution in [3.8, 4) is 5.75 Å². The summed E-state index contributed by atoms with van der Waals surface area (Å²) >= 11 is 0. The average molecular weight is 443 g/mol. The molecule has 0 saturated heterocycles. The SMILES string of the molecule is Cc1cc(CO)cnc1N1CCOc2c(C(=O)Nc3ccc(C(F)(F)F)cc3)cccc21. The molecule has 2 aromatic carbocycles. The van der Waals surface area contributed by atoms with Crippen molar-refractivity contribution in [3.05, 3.63) is 77.0 Å². The van der Waals surface area contributed by atoms with Crippen molar-refractivity contribution in [2.24, 2.45) is 0 Å². The third-order valence-electron chi connectivity index (χ3n) is 5.11. The summed E-state index contributed by atoms with van der Waals surface area (Å²) in [4.78, 5) is 19.3. The number of anilines is 3. The van der Waals surface area contributed by atoms with Gasteiger partial charge in [0.1, 0.15) is 12.4 Å². The second-order valence-corrected chi connectivity index (χ2v) is 7.33. The lowest BCUT2D eigenvalue weighted by atomic mass is 10.1. The molecule has 0 saturated carbocycles. The highest BCUT2D eigenvalue weighted by atomic mass is 19.4. The van der Waals surface area contributed by atoms with Crippen LogP contribution < -0.4 is 15.0 Å². The van der Waals surface area contributed by atoms with Gasteiger partial charge >= 0.3 is 6.18 Å². The lowest BCUT2D eigenvalue weighted by Gasteiger charge is -2.32. The number of carbonyl (C=O) groups is 1. The highest BCUT2D eigenvalue weighted by Gasteiger charge is 2.30. The summed E-state index contributed by atoms with van der Waals surface area (Å²) in [6.07, 6.45) is -2.85. The molecule has 1 aromatic heterocycles. The molecule has 1 amide bonds. The maximum Gasteiger partial charge on any atom is 0.416 e. The highest BCUT2D eigenvalue weighted by Crippen LogP contribution is 2.39. The molecule has 0 fully saturated rings. The molecule has 0 unspecified atom stereocenters. The zero-order valence-corrected chi connectivity index (χ0v) is 17.1. The number of aliphatic hydroxyl groups excluding tert-OH is 1. The quantitative estimate of drug-likeness (QED) is 0.612. The Morgan fingerprint density at radius 1 is 1.22 bits per heavy atom. The summed E-state index contributed by atoms with van der Waals surface area (Å²) < 4.78 is 44.1. The number of carbonyl (C=O) groups excluding carboxylic acids is 1. The van der Waals surface area contributed by atoms with Crippen molar-refractivity contribution >= 4 is 23.1 Å². The highest BCUT2D eigenvalue weighted by molar-refractivity contribution is 6.07. The van der Waals surface area contributed by atoms with Crippen molar-refractivity contribution in [3.63, 3.8) is 0 Å². The second-order valence-electron chi connectivity index (χ2n) is 7.33. The lowest BCUT2D eigenvalue weighted by molar-refractivity contribution is -0.137. The number of aromatic nitrogens is 1. The van der Waals surface area contributed by atoms with E-state index in [1.54, 1.807) is 18.3 Å². The molecule has 0 aliphatic carbocycles. The van der Waals surface area contributed by atoms with Crippen molar-refractivity contribution in [1.29, 1.82) is 0 Å². The van der Waals surface area contributed by atoms with Crippen LogP contribution in [0.2, 0.25) is 0 Å². The number of halogens is 3. The van der Waals surface area contributed by atoms with E-state index in [1.165, 1.54) is 12.1 Å². The summed E-state index contributed by atoms with van der Waals surface area (Å²) in [7, 11) is 0. The third-order valence-corrected chi connectivity index (χ3v) is 5.11. The van der Waals surface area contributed by atoms with Crippen molar-refractivity contribution < 1.29 is 27.8 Å². The first-order valence-electron chi connectivity index (χ1n) is 9.86. The van der Waals surface area contributed by atoms with Crippen LogP contribution in [0.4, 0.5) is 30.4 Å². The summed E-state index contributed by atoms with van der Waals surface area (Å²) in [5.74, 6) is 0.561. The van der Waals surface area contributed by atoms with Gasteiger partial charge in [-0.15, -0.1) is 0 Å². The molecule has 2 heterocycles. The van der Waals surface area contributed by atoms with Crippen LogP contribution in [0.1, 0.15) is 27.0 Å². The molecular formula is C23H20F3N3O3. The fourth-order valence-corrected chi connectivity index (χ4v) is 3.58. The van der Waals surface area contributed by atoms with Gasteiger partial charge in [-0.2, -0.15) is 13.2 Å². The standard InChI is InChI=1S/C23H20F3N3O3/c1-14-11-15(13-30)12-27-21(14)29-9-10-32-20-18(3-2-4-19(20)29)22(31)28-17-7-5-16(6-8-17)23(24,25)26/h2-8,11-12,30H,9-10,13H2,1H3,(H,28,31). The number of hydrogen-bond donors (Lipinski definition) is 2. The van der Waals surface area contributed by atoms with Gasteiger partial charge in [-0.05, 0) is 60.5 Å². The van der Waals surface area contributed by atoms with Gasteiger partial charge in [-0.25, -0.2) is 4.98 Å². The average Bonchev–Trinajstić information content (AvgIpc) is 2.78. The van der Waals surface area contributed by atoms with Gasteiger partial charge in [-0.1, -0.05) is 6.07 Å². The Balaban J connectivity index is 1.62. The van der Waals surface area contributed by atoms with Gasteiger partial charge in [-0.3, -0.25) is 4.79 Å². The number of benzene rings is 2. The van der Waals surface area contributed by atoms with Gasteiger partial charge < -0.3 is 20.1 Å². The minimum Gasteiger partial charge on any atom is -0.489 e. The monoisotopic (exact) mass is 443 g/mol. The topological polar surface area (TPSA) is 74.7 Å². The van der Waals surface area contributed by atoms with Crippen molar-refractivity contribution in [2.45, 2.75) is 19.7 Å². The van der Waals surface area contributed by atoms with Crippen LogP contribution in [-0.4, -0.2) is 29.1 Å². The van der Waals surface area contributed by atoms with Gasteiger partial charge in [0, 0.05) is 11.9 Å². The molecule has 1 aliphatic rings. The van der Waals surface area contributed by atoms with Crippen LogP contribution in [0.15, 0.2) is 54.7 Å². The maximum absolute atomic E-state index is 12.9. The number of para-hydroxylation sites is 1. The Hall–Kier alpha value is -3.59. The van der Waals surface area contributed by atoms with Crippen molar-refractivity contribution in [1.82, 2.24) is 4.98 Å². The summed E-state index contributed by atoms with van der Waals surface area (Å²) in [5.41, 5.74) is 1.93. The third kappa shape index (κ3) is 4.24. The number of rotatable bonds is 4. The van der Waals surface area contributed by atoms with Gasteiger partial charge in [0.05, 0.1) is 30.0 Å². The Kier molecular flexibility index (Phi) is 5.75. The van der Waals surface area contributed by atoms with E-state index >= 15 is 0 Å². The van der Waals surface area contributed by atoms with Crippen LogP contribution >= 0.6 is 0 Å². The molecule has 0 atom stereocenters. The predicted molar refractivity (Wildman–Crippen MR) is 113 cm³/mol. The summed E-state index contributed by atoms with van der Waals surface area (Å²) in [6, 6.07) is 11.2. The zero-order chi connectivity index (χ0) is 22.9. The number of aliphatic hydroxyl groups is 1. The minimum atomic E-state index is -4.44.